The summed E-state index contributed by atoms with van der Waals surface area (Å²) in [7, 11) is 3.31. The van der Waals surface area contributed by atoms with Crippen molar-refractivity contribution in [2.75, 3.05) is 26.1 Å². The van der Waals surface area contributed by atoms with E-state index in [9.17, 15) is 5.11 Å². The molecule has 0 aromatic heterocycles. The molecule has 2 N–H and O–H groups in total. The second kappa shape index (κ2) is 7.67. The van der Waals surface area contributed by atoms with Crippen LogP contribution in [0.5, 0.6) is 5.75 Å². The van der Waals surface area contributed by atoms with Crippen molar-refractivity contribution in [2.24, 2.45) is 0 Å². The number of nitrogens with one attached hydrogen (secondary N) is 1. The van der Waals surface area contributed by atoms with E-state index in [1.807, 2.05) is 48.5 Å². The van der Waals surface area contributed by atoms with E-state index in [2.05, 4.69) is 5.32 Å². The van der Waals surface area contributed by atoms with E-state index < -0.39 is 0 Å². The van der Waals surface area contributed by atoms with Crippen LogP contribution in [0.25, 0.3) is 0 Å². The minimum absolute atomic E-state index is 0.00758. The lowest BCUT2D eigenvalue weighted by atomic mass is 10.0. The maximum atomic E-state index is 9.66. The Morgan fingerprint density at radius 1 is 1.10 bits per heavy atom. The molecule has 21 heavy (non-hydrogen) atoms. The summed E-state index contributed by atoms with van der Waals surface area (Å²) in [5.74, 6) is 0.782. The first-order valence-electron chi connectivity index (χ1n) is 6.86. The number of hydrogen-bond acceptors (Lipinski definition) is 4. The predicted molar refractivity (Wildman–Crippen MR) is 83.6 cm³/mol. The van der Waals surface area contributed by atoms with Crippen molar-refractivity contribution in [3.63, 3.8) is 0 Å². The van der Waals surface area contributed by atoms with Gasteiger partial charge in [0.1, 0.15) is 5.75 Å². The minimum atomic E-state index is -0.172. The summed E-state index contributed by atoms with van der Waals surface area (Å²) < 4.78 is 10.4. The number of hydrogen-bond donors (Lipinski definition) is 2. The van der Waals surface area contributed by atoms with Gasteiger partial charge in [-0.2, -0.15) is 0 Å². The topological polar surface area (TPSA) is 50.7 Å². The second-order valence-corrected chi connectivity index (χ2v) is 4.79. The summed E-state index contributed by atoms with van der Waals surface area (Å²) in [5, 5.41) is 13.0. The van der Waals surface area contributed by atoms with Crippen LogP contribution in [0, 0.1) is 0 Å². The van der Waals surface area contributed by atoms with Crippen molar-refractivity contribution in [3.8, 4) is 5.75 Å². The third kappa shape index (κ3) is 4.21. The molecule has 0 saturated heterocycles. The average Bonchev–Trinajstić information content (AvgIpc) is 2.53. The van der Waals surface area contributed by atoms with Gasteiger partial charge in [0.2, 0.25) is 0 Å². The molecule has 0 spiro atoms. The second-order valence-electron chi connectivity index (χ2n) is 4.79. The van der Waals surface area contributed by atoms with Crippen molar-refractivity contribution < 1.29 is 14.6 Å². The highest BCUT2D eigenvalue weighted by Crippen LogP contribution is 2.23. The summed E-state index contributed by atoms with van der Waals surface area (Å²) in [6.07, 6.45) is 0. The summed E-state index contributed by atoms with van der Waals surface area (Å²) in [4.78, 5) is 0. The molecule has 1 unspecified atom stereocenters. The molecule has 0 bridgehead atoms. The molecule has 4 heteroatoms. The van der Waals surface area contributed by atoms with E-state index in [1.54, 1.807) is 14.2 Å². The fraction of sp³-hybridized carbons (Fsp3) is 0.294. The van der Waals surface area contributed by atoms with Gasteiger partial charge in [-0.3, -0.25) is 0 Å². The van der Waals surface area contributed by atoms with E-state index in [0.29, 0.717) is 6.61 Å². The predicted octanol–water partition coefficient (Wildman–Crippen LogP) is 2.99. The third-order valence-corrected chi connectivity index (χ3v) is 3.26. The van der Waals surface area contributed by atoms with Gasteiger partial charge in [0.25, 0.3) is 0 Å². The van der Waals surface area contributed by atoms with Crippen LogP contribution in [-0.4, -0.2) is 25.9 Å². The number of aliphatic hydroxyl groups excluding tert-OH is 1. The lowest BCUT2D eigenvalue weighted by Crippen LogP contribution is -2.15. The molecule has 0 amide bonds. The molecule has 4 nitrogen and oxygen atoms in total. The molecule has 0 saturated carbocycles. The molecule has 2 aromatic rings. The van der Waals surface area contributed by atoms with Crippen LogP contribution in [0.4, 0.5) is 5.69 Å². The van der Waals surface area contributed by atoms with Crippen LogP contribution >= 0.6 is 0 Å². The quantitative estimate of drug-likeness (QED) is 0.822. The Morgan fingerprint density at radius 2 is 1.90 bits per heavy atom. The van der Waals surface area contributed by atoms with Gasteiger partial charge in [-0.25, -0.2) is 0 Å². The molecule has 2 rings (SSSR count). The highest BCUT2D eigenvalue weighted by Gasteiger charge is 2.11. The van der Waals surface area contributed by atoms with Crippen LogP contribution in [0.15, 0.2) is 48.5 Å². The first-order valence-corrected chi connectivity index (χ1v) is 6.86. The SMILES string of the molecule is COCc1cccc(C(CO)Nc2cccc(OC)c2)c1. The van der Waals surface area contributed by atoms with Crippen LogP contribution in [0.1, 0.15) is 17.2 Å². The summed E-state index contributed by atoms with van der Waals surface area (Å²) >= 11 is 0. The highest BCUT2D eigenvalue weighted by atomic mass is 16.5. The smallest absolute Gasteiger partial charge is 0.120 e. The molecular weight excluding hydrogens is 266 g/mol. The van der Waals surface area contributed by atoms with Gasteiger partial charge in [-0.05, 0) is 23.3 Å². The number of benzene rings is 2. The van der Waals surface area contributed by atoms with E-state index >= 15 is 0 Å². The maximum Gasteiger partial charge on any atom is 0.120 e. The normalized spacial score (nSPS) is 12.0. The Morgan fingerprint density at radius 3 is 2.62 bits per heavy atom. The van der Waals surface area contributed by atoms with Crippen LogP contribution in [0.3, 0.4) is 0 Å². The van der Waals surface area contributed by atoms with Gasteiger partial charge in [-0.1, -0.05) is 30.3 Å². The summed E-state index contributed by atoms with van der Waals surface area (Å²) in [6.45, 7) is 0.568. The summed E-state index contributed by atoms with van der Waals surface area (Å²) in [6, 6.07) is 15.5. The van der Waals surface area contributed by atoms with E-state index in [4.69, 9.17) is 9.47 Å². The molecule has 0 heterocycles. The number of aliphatic hydroxyl groups is 1. The number of anilines is 1. The van der Waals surface area contributed by atoms with Gasteiger partial charge < -0.3 is 19.9 Å². The standard InChI is InChI=1S/C17H21NO3/c1-20-12-13-5-3-6-14(9-13)17(11-19)18-15-7-4-8-16(10-15)21-2/h3-10,17-19H,11-12H2,1-2H3. The fourth-order valence-electron chi connectivity index (χ4n) is 2.21. The van der Waals surface area contributed by atoms with Crippen molar-refractivity contribution >= 4 is 5.69 Å². The van der Waals surface area contributed by atoms with E-state index in [-0.39, 0.29) is 12.6 Å². The van der Waals surface area contributed by atoms with Crippen LogP contribution < -0.4 is 10.1 Å². The first-order chi connectivity index (χ1) is 10.3. The minimum Gasteiger partial charge on any atom is -0.497 e. The van der Waals surface area contributed by atoms with Gasteiger partial charge in [0.05, 0.1) is 26.4 Å². The lowest BCUT2D eigenvalue weighted by Gasteiger charge is -2.19. The molecule has 0 aliphatic heterocycles. The van der Waals surface area contributed by atoms with Crippen LogP contribution in [0.2, 0.25) is 0 Å². The van der Waals surface area contributed by atoms with E-state index in [1.165, 1.54) is 0 Å². The number of methoxy groups -OCH3 is 2. The molecular formula is C17H21NO3. The Balaban J connectivity index is 2.17. The molecule has 2 aromatic carbocycles. The van der Waals surface area contributed by atoms with Crippen LogP contribution in [-0.2, 0) is 11.3 Å². The van der Waals surface area contributed by atoms with Gasteiger partial charge >= 0.3 is 0 Å². The van der Waals surface area contributed by atoms with Gasteiger partial charge in [-0.15, -0.1) is 0 Å². The Kier molecular flexibility index (Phi) is 5.60. The molecule has 1 atom stereocenters. The number of ether oxygens (including phenoxy) is 2. The molecule has 112 valence electrons. The zero-order valence-electron chi connectivity index (χ0n) is 12.4. The molecule has 0 aliphatic rings. The maximum absolute atomic E-state index is 9.66. The summed E-state index contributed by atoms with van der Waals surface area (Å²) in [5.41, 5.74) is 3.02. The van der Waals surface area contributed by atoms with Crippen molar-refractivity contribution in [2.45, 2.75) is 12.6 Å². The van der Waals surface area contributed by atoms with E-state index in [0.717, 1.165) is 22.6 Å². The highest BCUT2D eigenvalue weighted by molar-refractivity contribution is 5.50. The Labute approximate surface area is 125 Å². The molecule has 0 fully saturated rings. The largest absolute Gasteiger partial charge is 0.497 e. The molecule has 0 aliphatic carbocycles. The van der Waals surface area contributed by atoms with Gasteiger partial charge in [0.15, 0.2) is 0 Å². The molecule has 0 radical (unpaired) electrons. The first kappa shape index (κ1) is 15.4. The van der Waals surface area contributed by atoms with Crippen molar-refractivity contribution in [1.82, 2.24) is 0 Å². The zero-order valence-corrected chi connectivity index (χ0v) is 12.4. The lowest BCUT2D eigenvalue weighted by molar-refractivity contribution is 0.184. The monoisotopic (exact) mass is 287 g/mol. The van der Waals surface area contributed by atoms with Crippen molar-refractivity contribution in [3.05, 3.63) is 59.7 Å². The number of rotatable bonds is 7. The Hall–Kier alpha value is -2.04. The fourth-order valence-corrected chi connectivity index (χ4v) is 2.21. The Bertz CT molecular complexity index is 571. The zero-order chi connectivity index (χ0) is 15.1. The van der Waals surface area contributed by atoms with Gasteiger partial charge in [0, 0.05) is 18.9 Å². The average molecular weight is 287 g/mol. The third-order valence-electron chi connectivity index (χ3n) is 3.26. The van der Waals surface area contributed by atoms with Crippen molar-refractivity contribution in [1.29, 1.82) is 0 Å².